The van der Waals surface area contributed by atoms with Crippen LogP contribution in [0.25, 0.3) is 0 Å². The molecule has 1 aromatic rings. The van der Waals surface area contributed by atoms with Gasteiger partial charge >= 0.3 is 0 Å². The maximum Gasteiger partial charge on any atom is 0.227 e. The Hall–Kier alpha value is -1.79. The molecule has 1 aromatic carbocycles. The lowest BCUT2D eigenvalue weighted by atomic mass is 9.98. The third-order valence-corrected chi connectivity index (χ3v) is 5.21. The lowest BCUT2D eigenvalue weighted by molar-refractivity contribution is -0.137. The molecule has 138 valence electrons. The highest BCUT2D eigenvalue weighted by Gasteiger charge is 2.28. The van der Waals surface area contributed by atoms with Crippen LogP contribution >= 0.6 is 0 Å². The second kappa shape index (κ2) is 8.54. The number of rotatable bonds is 5. The van der Waals surface area contributed by atoms with Crippen LogP contribution in [0.1, 0.15) is 18.4 Å². The summed E-state index contributed by atoms with van der Waals surface area (Å²) in [5, 5.41) is 3.34. The maximum absolute atomic E-state index is 12.6. The van der Waals surface area contributed by atoms with E-state index in [2.05, 4.69) is 10.2 Å². The first-order chi connectivity index (χ1) is 12.2. The van der Waals surface area contributed by atoms with E-state index in [-0.39, 0.29) is 5.92 Å². The summed E-state index contributed by atoms with van der Waals surface area (Å²) in [6, 6.07) is 5.89. The highest BCUT2D eigenvalue weighted by Crippen LogP contribution is 2.26. The van der Waals surface area contributed by atoms with E-state index >= 15 is 0 Å². The Morgan fingerprint density at radius 3 is 2.64 bits per heavy atom. The van der Waals surface area contributed by atoms with Crippen LogP contribution < -0.4 is 14.8 Å². The van der Waals surface area contributed by atoms with E-state index in [9.17, 15) is 4.79 Å². The molecular weight excluding hydrogens is 318 g/mol. The summed E-state index contributed by atoms with van der Waals surface area (Å²) >= 11 is 0. The van der Waals surface area contributed by atoms with Crippen molar-refractivity contribution in [2.45, 2.75) is 19.4 Å². The Labute approximate surface area is 150 Å². The third kappa shape index (κ3) is 4.44. The molecule has 1 unspecified atom stereocenters. The zero-order chi connectivity index (χ0) is 17.6. The molecule has 0 saturated carbocycles. The van der Waals surface area contributed by atoms with Crippen LogP contribution in [0.3, 0.4) is 0 Å². The molecule has 2 aliphatic heterocycles. The molecular formula is C19H29N3O3. The fourth-order valence-corrected chi connectivity index (χ4v) is 3.69. The van der Waals surface area contributed by atoms with Crippen molar-refractivity contribution < 1.29 is 14.3 Å². The van der Waals surface area contributed by atoms with Gasteiger partial charge in [0, 0.05) is 44.8 Å². The van der Waals surface area contributed by atoms with Crippen molar-refractivity contribution >= 4 is 5.91 Å². The smallest absolute Gasteiger partial charge is 0.227 e. The van der Waals surface area contributed by atoms with Crippen molar-refractivity contribution in [2.24, 2.45) is 5.92 Å². The normalized spacial score (nSPS) is 21.8. The first-order valence-electron chi connectivity index (χ1n) is 9.14. The predicted molar refractivity (Wildman–Crippen MR) is 97.0 cm³/mol. The number of amides is 1. The van der Waals surface area contributed by atoms with E-state index in [0.29, 0.717) is 5.91 Å². The van der Waals surface area contributed by atoms with Crippen LogP contribution in [-0.2, 0) is 11.3 Å². The topological polar surface area (TPSA) is 54.0 Å². The summed E-state index contributed by atoms with van der Waals surface area (Å²) in [4.78, 5) is 17.0. The molecule has 2 saturated heterocycles. The van der Waals surface area contributed by atoms with E-state index in [1.807, 2.05) is 23.1 Å². The molecule has 1 N–H and O–H groups in total. The molecule has 0 radical (unpaired) electrons. The van der Waals surface area contributed by atoms with Crippen molar-refractivity contribution in [3.05, 3.63) is 23.8 Å². The number of benzene rings is 1. The first kappa shape index (κ1) is 18.0. The van der Waals surface area contributed by atoms with Gasteiger partial charge in [0.2, 0.25) is 5.91 Å². The van der Waals surface area contributed by atoms with E-state index < -0.39 is 0 Å². The summed E-state index contributed by atoms with van der Waals surface area (Å²) in [5.74, 6) is 2.21. The Kier molecular flexibility index (Phi) is 6.15. The van der Waals surface area contributed by atoms with Crippen LogP contribution in [-0.4, -0.2) is 69.2 Å². The monoisotopic (exact) mass is 347 g/mol. The van der Waals surface area contributed by atoms with Gasteiger partial charge in [0.05, 0.1) is 20.1 Å². The number of carbonyl (C=O) groups is 1. The van der Waals surface area contributed by atoms with Crippen LogP contribution in [0.2, 0.25) is 0 Å². The number of piperazine rings is 1. The van der Waals surface area contributed by atoms with Gasteiger partial charge in [-0.15, -0.1) is 0 Å². The fraction of sp³-hybridized carbons (Fsp3) is 0.632. The first-order valence-corrected chi connectivity index (χ1v) is 9.14. The number of piperidine rings is 1. The number of nitrogens with zero attached hydrogens (tertiary/aromatic N) is 2. The molecule has 0 bridgehead atoms. The van der Waals surface area contributed by atoms with Gasteiger partial charge in [0.25, 0.3) is 0 Å². The van der Waals surface area contributed by atoms with Crippen molar-refractivity contribution in [3.8, 4) is 11.5 Å². The number of ether oxygens (including phenoxy) is 2. The van der Waals surface area contributed by atoms with Gasteiger partial charge in [-0.3, -0.25) is 9.69 Å². The molecule has 1 amide bonds. The predicted octanol–water partition coefficient (Wildman–Crippen LogP) is 1.35. The fourth-order valence-electron chi connectivity index (χ4n) is 3.69. The van der Waals surface area contributed by atoms with Gasteiger partial charge in [-0.25, -0.2) is 0 Å². The lowest BCUT2D eigenvalue weighted by Crippen LogP contribution is -2.51. The highest BCUT2D eigenvalue weighted by atomic mass is 16.5. The number of methoxy groups -OCH3 is 2. The SMILES string of the molecule is COc1ccc(OC)c(CN2CCN(C(=O)C3CCCNC3)CC2)c1. The molecule has 1 atom stereocenters. The molecule has 0 aromatic heterocycles. The summed E-state index contributed by atoms with van der Waals surface area (Å²) < 4.78 is 10.8. The Morgan fingerprint density at radius 2 is 2.00 bits per heavy atom. The van der Waals surface area contributed by atoms with E-state index in [4.69, 9.17) is 9.47 Å². The number of hydrogen-bond donors (Lipinski definition) is 1. The van der Waals surface area contributed by atoms with Gasteiger partial charge in [-0.05, 0) is 37.6 Å². The Bertz CT molecular complexity index is 579. The molecule has 3 rings (SSSR count). The maximum atomic E-state index is 12.6. The minimum Gasteiger partial charge on any atom is -0.497 e. The lowest BCUT2D eigenvalue weighted by Gasteiger charge is -2.37. The van der Waals surface area contributed by atoms with Crippen molar-refractivity contribution in [1.82, 2.24) is 15.1 Å². The minimum absolute atomic E-state index is 0.166. The van der Waals surface area contributed by atoms with Crippen LogP contribution in [0.5, 0.6) is 11.5 Å². The van der Waals surface area contributed by atoms with Crippen molar-refractivity contribution in [3.63, 3.8) is 0 Å². The second-order valence-electron chi connectivity index (χ2n) is 6.82. The average molecular weight is 347 g/mol. The van der Waals surface area contributed by atoms with E-state index in [0.717, 1.165) is 75.7 Å². The largest absolute Gasteiger partial charge is 0.497 e. The molecule has 6 heteroatoms. The molecule has 6 nitrogen and oxygen atoms in total. The molecule has 2 aliphatic rings. The number of hydrogen-bond acceptors (Lipinski definition) is 5. The second-order valence-corrected chi connectivity index (χ2v) is 6.82. The summed E-state index contributed by atoms with van der Waals surface area (Å²) in [7, 11) is 3.37. The molecule has 0 spiro atoms. The van der Waals surface area contributed by atoms with E-state index in [1.54, 1.807) is 14.2 Å². The summed E-state index contributed by atoms with van der Waals surface area (Å²) in [5.41, 5.74) is 1.12. The van der Waals surface area contributed by atoms with Crippen LogP contribution in [0.15, 0.2) is 18.2 Å². The highest BCUT2D eigenvalue weighted by molar-refractivity contribution is 5.79. The zero-order valence-electron chi connectivity index (χ0n) is 15.3. The van der Waals surface area contributed by atoms with Crippen LogP contribution in [0.4, 0.5) is 0 Å². The van der Waals surface area contributed by atoms with Crippen molar-refractivity contribution in [2.75, 3.05) is 53.5 Å². The van der Waals surface area contributed by atoms with Gasteiger partial charge in [-0.1, -0.05) is 0 Å². The van der Waals surface area contributed by atoms with Gasteiger partial charge in [-0.2, -0.15) is 0 Å². The van der Waals surface area contributed by atoms with Gasteiger partial charge < -0.3 is 19.7 Å². The van der Waals surface area contributed by atoms with Gasteiger partial charge in [0.1, 0.15) is 11.5 Å². The molecule has 0 aliphatic carbocycles. The third-order valence-electron chi connectivity index (χ3n) is 5.21. The van der Waals surface area contributed by atoms with Gasteiger partial charge in [0.15, 0.2) is 0 Å². The summed E-state index contributed by atoms with van der Waals surface area (Å²) in [6.45, 7) is 6.09. The molecule has 2 fully saturated rings. The van der Waals surface area contributed by atoms with Crippen molar-refractivity contribution in [1.29, 1.82) is 0 Å². The van der Waals surface area contributed by atoms with Crippen LogP contribution in [0, 0.1) is 5.92 Å². The summed E-state index contributed by atoms with van der Waals surface area (Å²) in [6.07, 6.45) is 2.12. The Balaban J connectivity index is 1.55. The number of carbonyl (C=O) groups excluding carboxylic acids is 1. The zero-order valence-corrected chi connectivity index (χ0v) is 15.3. The standard InChI is InChI=1S/C19H29N3O3/c1-24-17-5-6-18(25-2)16(12-17)14-21-8-10-22(11-9-21)19(23)15-4-3-7-20-13-15/h5-6,12,15,20H,3-4,7-11,13-14H2,1-2H3. The average Bonchev–Trinajstić information content (AvgIpc) is 2.68. The quantitative estimate of drug-likeness (QED) is 0.871. The number of nitrogens with one attached hydrogen (secondary N) is 1. The Morgan fingerprint density at radius 1 is 1.20 bits per heavy atom. The minimum atomic E-state index is 0.166. The van der Waals surface area contributed by atoms with E-state index in [1.165, 1.54) is 0 Å². The molecule has 25 heavy (non-hydrogen) atoms. The molecule has 2 heterocycles.